The van der Waals surface area contributed by atoms with Gasteiger partial charge in [0.15, 0.2) is 0 Å². The van der Waals surface area contributed by atoms with Crippen molar-refractivity contribution in [2.24, 2.45) is 5.73 Å². The molecule has 1 aromatic heterocycles. The Morgan fingerprint density at radius 1 is 1.20 bits per heavy atom. The van der Waals surface area contributed by atoms with E-state index < -0.39 is 5.91 Å². The van der Waals surface area contributed by atoms with Crippen LogP contribution < -0.4 is 11.1 Å². The number of carbonyl (C=O) groups excluding carboxylic acids is 4. The minimum Gasteiger partial charge on any atom is -0.368 e. The molecule has 4 amide bonds. The van der Waals surface area contributed by atoms with E-state index in [0.717, 1.165) is 24.8 Å². The molecule has 0 bridgehead atoms. The van der Waals surface area contributed by atoms with E-state index in [1.807, 2.05) is 31.1 Å². The molecule has 0 saturated heterocycles. The van der Waals surface area contributed by atoms with Gasteiger partial charge in [-0.05, 0) is 50.7 Å². The molecule has 1 unspecified atom stereocenters. The maximum absolute atomic E-state index is 13.8. The Morgan fingerprint density at radius 3 is 2.68 bits per heavy atom. The number of aromatic amines is 1. The molecule has 41 heavy (non-hydrogen) atoms. The quantitative estimate of drug-likeness (QED) is 0.211. The largest absolute Gasteiger partial charge is 0.368 e. The van der Waals surface area contributed by atoms with Gasteiger partial charge in [0.1, 0.15) is 5.82 Å². The zero-order valence-electron chi connectivity index (χ0n) is 24.4. The van der Waals surface area contributed by atoms with Crippen LogP contribution in [0.3, 0.4) is 0 Å². The maximum atomic E-state index is 13.8. The molecule has 222 valence electrons. The second-order valence-corrected chi connectivity index (χ2v) is 10.6. The molecule has 1 aromatic carbocycles. The van der Waals surface area contributed by atoms with Crippen molar-refractivity contribution in [1.29, 1.82) is 0 Å². The molecule has 11 nitrogen and oxygen atoms in total. The fraction of sp³-hybridized carbons (Fsp3) is 0.500. The van der Waals surface area contributed by atoms with Crippen LogP contribution in [0.2, 0.25) is 0 Å². The molecule has 2 heterocycles. The average molecular weight is 566 g/mol. The Morgan fingerprint density at radius 2 is 2.00 bits per heavy atom. The van der Waals surface area contributed by atoms with E-state index in [9.17, 15) is 19.2 Å². The Hall–Kier alpha value is -3.99. The summed E-state index contributed by atoms with van der Waals surface area (Å²) in [5, 5.41) is 2.85. The number of anilines is 1. The number of hydrogen-bond donors (Lipinski definition) is 3. The highest BCUT2D eigenvalue weighted by Crippen LogP contribution is 2.33. The average Bonchev–Trinajstić information content (AvgIpc) is 3.47. The van der Waals surface area contributed by atoms with Crippen molar-refractivity contribution in [3.05, 3.63) is 59.7 Å². The molecule has 0 radical (unpaired) electrons. The fourth-order valence-electron chi connectivity index (χ4n) is 4.85. The standard InChI is InChI=1S/C30H43N7O4/c1-4-5-6-7-8-9-10-27(39)34-23-12-11-22-19-25(29-32-14-15-33-29)37(30(41)24(22)20-23)16-13-28(40)36(21-26(31)38)18-17-35(2)3/h9-12,14-15,20,25H,4-8,13,16-19,21H2,1-3H3,(H2,31,38)(H,32,33)(H,34,39). The van der Waals surface area contributed by atoms with E-state index in [1.54, 1.807) is 29.4 Å². The van der Waals surface area contributed by atoms with E-state index in [-0.39, 0.29) is 43.3 Å². The van der Waals surface area contributed by atoms with Gasteiger partial charge < -0.3 is 30.7 Å². The highest BCUT2D eigenvalue weighted by Gasteiger charge is 2.35. The highest BCUT2D eigenvalue weighted by atomic mass is 16.2. The normalized spacial score (nSPS) is 14.9. The van der Waals surface area contributed by atoms with E-state index >= 15 is 0 Å². The van der Waals surface area contributed by atoms with Crippen LogP contribution >= 0.6 is 0 Å². The number of amides is 4. The summed E-state index contributed by atoms with van der Waals surface area (Å²) in [5.41, 5.74) is 7.22. The zero-order chi connectivity index (χ0) is 29.8. The molecule has 2 aromatic rings. The van der Waals surface area contributed by atoms with E-state index in [4.69, 9.17) is 5.73 Å². The summed E-state index contributed by atoms with van der Waals surface area (Å²) in [7, 11) is 3.76. The lowest BCUT2D eigenvalue weighted by Gasteiger charge is -2.36. The van der Waals surface area contributed by atoms with Gasteiger partial charge in [0, 0.05) is 56.1 Å². The number of benzene rings is 1. The fourth-order valence-corrected chi connectivity index (χ4v) is 4.85. The van der Waals surface area contributed by atoms with Crippen molar-refractivity contribution in [2.45, 2.75) is 57.9 Å². The molecule has 3 rings (SSSR count). The zero-order valence-corrected chi connectivity index (χ0v) is 24.4. The molecule has 1 aliphatic rings. The highest BCUT2D eigenvalue weighted by molar-refractivity contribution is 6.02. The number of hydrogen-bond acceptors (Lipinski definition) is 6. The lowest BCUT2D eigenvalue weighted by atomic mass is 9.92. The molecule has 1 aliphatic heterocycles. The summed E-state index contributed by atoms with van der Waals surface area (Å²) in [6.45, 7) is 3.05. The van der Waals surface area contributed by atoms with Crippen LogP contribution in [0, 0.1) is 0 Å². The third-order valence-corrected chi connectivity index (χ3v) is 7.07. The lowest BCUT2D eigenvalue weighted by molar-refractivity contribution is -0.135. The number of nitrogens with zero attached hydrogens (tertiary/aromatic N) is 4. The third-order valence-electron chi connectivity index (χ3n) is 7.07. The monoisotopic (exact) mass is 565 g/mol. The number of rotatable bonds is 16. The number of likely N-dealkylation sites (N-methyl/N-ethyl adjacent to an activating group) is 1. The van der Waals surface area contributed by atoms with Crippen LogP contribution in [0.25, 0.3) is 0 Å². The predicted octanol–water partition coefficient (Wildman–Crippen LogP) is 2.88. The van der Waals surface area contributed by atoms with Crippen molar-refractivity contribution in [2.75, 3.05) is 45.6 Å². The number of H-pyrrole nitrogens is 1. The Bertz CT molecular complexity index is 1210. The second-order valence-electron chi connectivity index (χ2n) is 10.6. The van der Waals surface area contributed by atoms with Crippen LogP contribution in [0.4, 0.5) is 5.69 Å². The number of fused-ring (bicyclic) bond motifs is 1. The molecule has 0 fully saturated rings. The Balaban J connectivity index is 1.73. The number of nitrogens with one attached hydrogen (secondary N) is 2. The summed E-state index contributed by atoms with van der Waals surface area (Å²) in [5.74, 6) is -0.719. The number of primary amides is 1. The third kappa shape index (κ3) is 9.56. The van der Waals surface area contributed by atoms with Crippen LogP contribution in [0.1, 0.15) is 73.2 Å². The van der Waals surface area contributed by atoms with Gasteiger partial charge in [0.25, 0.3) is 5.91 Å². The smallest absolute Gasteiger partial charge is 0.254 e. The number of nitrogens with two attached hydrogens (primary N) is 1. The van der Waals surface area contributed by atoms with Gasteiger partial charge in [-0.2, -0.15) is 0 Å². The van der Waals surface area contributed by atoms with Crippen molar-refractivity contribution in [3.8, 4) is 0 Å². The lowest BCUT2D eigenvalue weighted by Crippen LogP contribution is -2.45. The van der Waals surface area contributed by atoms with Crippen molar-refractivity contribution >= 4 is 29.3 Å². The number of aromatic nitrogens is 2. The van der Waals surface area contributed by atoms with Gasteiger partial charge in [-0.15, -0.1) is 0 Å². The summed E-state index contributed by atoms with van der Waals surface area (Å²) >= 11 is 0. The molecular weight excluding hydrogens is 522 g/mol. The van der Waals surface area contributed by atoms with E-state index in [1.165, 1.54) is 23.8 Å². The number of carbonyl (C=O) groups is 4. The SMILES string of the molecule is CCCCCCC=CC(=O)Nc1ccc2c(c1)C(=O)N(CCC(=O)N(CCN(C)C)CC(N)=O)C(c1ncc[nH]1)C2. The van der Waals surface area contributed by atoms with Crippen molar-refractivity contribution in [1.82, 2.24) is 24.7 Å². The molecule has 1 atom stereocenters. The van der Waals surface area contributed by atoms with Gasteiger partial charge in [-0.3, -0.25) is 19.2 Å². The molecule has 4 N–H and O–H groups in total. The van der Waals surface area contributed by atoms with Crippen LogP contribution in [0.5, 0.6) is 0 Å². The molecule has 0 saturated carbocycles. The molecule has 0 spiro atoms. The van der Waals surface area contributed by atoms with Gasteiger partial charge in [0.05, 0.1) is 12.6 Å². The first kappa shape index (κ1) is 31.5. The number of allylic oxidation sites excluding steroid dienone is 1. The van der Waals surface area contributed by atoms with Gasteiger partial charge >= 0.3 is 0 Å². The second kappa shape index (κ2) is 15.7. The number of imidazole rings is 1. The Kier molecular flexibility index (Phi) is 12.1. The first-order valence-corrected chi connectivity index (χ1v) is 14.3. The summed E-state index contributed by atoms with van der Waals surface area (Å²) in [6.07, 6.45) is 12.7. The van der Waals surface area contributed by atoms with E-state index in [0.29, 0.717) is 36.6 Å². The van der Waals surface area contributed by atoms with Crippen LogP contribution in [0.15, 0.2) is 42.7 Å². The van der Waals surface area contributed by atoms with E-state index in [2.05, 4.69) is 22.2 Å². The predicted molar refractivity (Wildman–Crippen MR) is 158 cm³/mol. The Labute approximate surface area is 242 Å². The molecule has 11 heteroatoms. The summed E-state index contributed by atoms with van der Waals surface area (Å²) < 4.78 is 0. The van der Waals surface area contributed by atoms with Gasteiger partial charge in [0.2, 0.25) is 17.7 Å². The maximum Gasteiger partial charge on any atom is 0.254 e. The molecule has 0 aliphatic carbocycles. The van der Waals surface area contributed by atoms with Crippen molar-refractivity contribution in [3.63, 3.8) is 0 Å². The van der Waals surface area contributed by atoms with Gasteiger partial charge in [-0.25, -0.2) is 4.98 Å². The summed E-state index contributed by atoms with van der Waals surface area (Å²) in [6, 6.07) is 4.95. The van der Waals surface area contributed by atoms with Crippen molar-refractivity contribution < 1.29 is 19.2 Å². The minimum atomic E-state index is -0.588. The minimum absolute atomic E-state index is 0.0263. The first-order chi connectivity index (χ1) is 19.7. The first-order valence-electron chi connectivity index (χ1n) is 14.3. The van der Waals surface area contributed by atoms with Gasteiger partial charge in [-0.1, -0.05) is 38.3 Å². The topological polar surface area (TPSA) is 145 Å². The van der Waals surface area contributed by atoms with Crippen LogP contribution in [-0.4, -0.2) is 88.6 Å². The molecular formula is C30H43N7O4. The number of unbranched alkanes of at least 4 members (excludes halogenated alkanes) is 4. The summed E-state index contributed by atoms with van der Waals surface area (Å²) in [4.78, 5) is 63.4. The van der Waals surface area contributed by atoms with Crippen LogP contribution in [-0.2, 0) is 20.8 Å².